The lowest BCUT2D eigenvalue weighted by atomic mass is 10.2. The summed E-state index contributed by atoms with van der Waals surface area (Å²) in [4.78, 5) is 4.61. The molecule has 0 radical (unpaired) electrons. The fourth-order valence-electron chi connectivity index (χ4n) is 2.18. The molecular weight excluding hydrogens is 397 g/mol. The maximum atomic E-state index is 5.34. The van der Waals surface area contributed by atoms with E-state index in [0.717, 1.165) is 37.7 Å². The molecule has 1 unspecified atom stereocenters. The maximum absolute atomic E-state index is 5.34. The molecule has 2 heterocycles. The van der Waals surface area contributed by atoms with Crippen LogP contribution in [-0.4, -0.2) is 36.6 Å². The monoisotopic (exact) mass is 423 g/mol. The van der Waals surface area contributed by atoms with Crippen molar-refractivity contribution in [1.29, 1.82) is 0 Å². The number of hydrogen-bond donors (Lipinski definition) is 2. The van der Waals surface area contributed by atoms with Crippen molar-refractivity contribution in [3.63, 3.8) is 0 Å². The van der Waals surface area contributed by atoms with E-state index in [-0.39, 0.29) is 24.0 Å². The Labute approximate surface area is 148 Å². The van der Waals surface area contributed by atoms with E-state index in [4.69, 9.17) is 4.42 Å². The van der Waals surface area contributed by atoms with Gasteiger partial charge in [0, 0.05) is 31.3 Å². The molecule has 1 fully saturated rings. The molecule has 1 atom stereocenters. The van der Waals surface area contributed by atoms with Crippen molar-refractivity contribution < 1.29 is 4.42 Å². The summed E-state index contributed by atoms with van der Waals surface area (Å²) < 4.78 is 5.34. The molecule has 21 heavy (non-hydrogen) atoms. The number of furan rings is 1. The van der Waals surface area contributed by atoms with Crippen LogP contribution in [0.15, 0.2) is 27.8 Å². The number of hydrogen-bond acceptors (Lipinski definition) is 3. The molecule has 1 aromatic heterocycles. The minimum atomic E-state index is 0. The van der Waals surface area contributed by atoms with E-state index in [9.17, 15) is 0 Å². The lowest BCUT2D eigenvalue weighted by Gasteiger charge is -2.24. The van der Waals surface area contributed by atoms with Crippen molar-refractivity contribution in [1.82, 2.24) is 10.6 Å². The van der Waals surface area contributed by atoms with Gasteiger partial charge < -0.3 is 15.1 Å². The van der Waals surface area contributed by atoms with Gasteiger partial charge in [-0.1, -0.05) is 6.92 Å². The van der Waals surface area contributed by atoms with Crippen LogP contribution in [0.2, 0.25) is 0 Å². The van der Waals surface area contributed by atoms with Gasteiger partial charge in [0.2, 0.25) is 0 Å². The molecule has 1 saturated heterocycles. The summed E-state index contributed by atoms with van der Waals surface area (Å²) in [7, 11) is 0. The zero-order chi connectivity index (χ0) is 14.0. The third-order valence-corrected chi connectivity index (χ3v) is 4.45. The van der Waals surface area contributed by atoms with Crippen molar-refractivity contribution in [3.8, 4) is 0 Å². The normalized spacial score (nSPS) is 18.9. The quantitative estimate of drug-likeness (QED) is 0.419. The Kier molecular flexibility index (Phi) is 9.99. The van der Waals surface area contributed by atoms with Crippen LogP contribution < -0.4 is 10.6 Å². The highest BCUT2D eigenvalue weighted by atomic mass is 127. The SMILES string of the molecule is CCCN=C(NCCc1ccco1)NC1CCCSC1.I. The highest BCUT2D eigenvalue weighted by Crippen LogP contribution is 2.16. The first-order chi connectivity index (χ1) is 9.88. The summed E-state index contributed by atoms with van der Waals surface area (Å²) in [5, 5.41) is 6.97. The third-order valence-electron chi connectivity index (χ3n) is 3.24. The Morgan fingerprint density at radius 1 is 1.52 bits per heavy atom. The van der Waals surface area contributed by atoms with Crippen LogP contribution in [0.4, 0.5) is 0 Å². The average molecular weight is 423 g/mol. The second-order valence-electron chi connectivity index (χ2n) is 5.04. The third kappa shape index (κ3) is 7.44. The molecule has 1 aliphatic rings. The van der Waals surface area contributed by atoms with E-state index < -0.39 is 0 Å². The molecule has 0 aromatic carbocycles. The number of rotatable bonds is 6. The van der Waals surface area contributed by atoms with Gasteiger partial charge in [0.05, 0.1) is 6.26 Å². The van der Waals surface area contributed by atoms with Gasteiger partial charge in [-0.05, 0) is 37.1 Å². The summed E-state index contributed by atoms with van der Waals surface area (Å²) in [6.45, 7) is 3.87. The van der Waals surface area contributed by atoms with Crippen molar-refractivity contribution in [3.05, 3.63) is 24.2 Å². The van der Waals surface area contributed by atoms with E-state index >= 15 is 0 Å². The van der Waals surface area contributed by atoms with Crippen LogP contribution in [-0.2, 0) is 6.42 Å². The molecule has 0 amide bonds. The Balaban J connectivity index is 0.00000220. The molecule has 1 aliphatic heterocycles. The van der Waals surface area contributed by atoms with Crippen LogP contribution in [0.3, 0.4) is 0 Å². The molecule has 2 N–H and O–H groups in total. The zero-order valence-electron chi connectivity index (χ0n) is 12.6. The predicted molar refractivity (Wildman–Crippen MR) is 102 cm³/mol. The molecule has 1 aromatic rings. The van der Waals surface area contributed by atoms with E-state index in [0.29, 0.717) is 6.04 Å². The standard InChI is InChI=1S/C15H25N3OS.HI/c1-2-8-16-15(18-13-5-4-11-20-12-13)17-9-7-14-6-3-10-19-14;/h3,6,10,13H,2,4-5,7-9,11-12H2,1H3,(H2,16,17,18);1H. The number of nitrogens with zero attached hydrogens (tertiary/aromatic N) is 1. The lowest BCUT2D eigenvalue weighted by Crippen LogP contribution is -2.46. The van der Waals surface area contributed by atoms with Crippen LogP contribution in [0.1, 0.15) is 31.9 Å². The van der Waals surface area contributed by atoms with Crippen LogP contribution in [0.5, 0.6) is 0 Å². The highest BCUT2D eigenvalue weighted by Gasteiger charge is 2.14. The highest BCUT2D eigenvalue weighted by molar-refractivity contribution is 14.0. The summed E-state index contributed by atoms with van der Waals surface area (Å²) in [6, 6.07) is 4.50. The molecule has 2 rings (SSSR count). The minimum absolute atomic E-state index is 0. The Morgan fingerprint density at radius 2 is 2.43 bits per heavy atom. The van der Waals surface area contributed by atoms with Gasteiger partial charge in [-0.15, -0.1) is 24.0 Å². The molecule has 0 aliphatic carbocycles. The Hall–Kier alpha value is -0.370. The van der Waals surface area contributed by atoms with Crippen molar-refractivity contribution in [2.24, 2.45) is 4.99 Å². The number of thioether (sulfide) groups is 1. The molecule has 4 nitrogen and oxygen atoms in total. The van der Waals surface area contributed by atoms with Gasteiger partial charge in [0.1, 0.15) is 5.76 Å². The lowest BCUT2D eigenvalue weighted by molar-refractivity contribution is 0.505. The van der Waals surface area contributed by atoms with Crippen LogP contribution in [0, 0.1) is 0 Å². The smallest absolute Gasteiger partial charge is 0.191 e. The number of halogens is 1. The molecule has 0 spiro atoms. The van der Waals surface area contributed by atoms with Gasteiger partial charge in [0.25, 0.3) is 0 Å². The average Bonchev–Trinajstić information content (AvgIpc) is 2.99. The minimum Gasteiger partial charge on any atom is -0.469 e. The van der Waals surface area contributed by atoms with Crippen molar-refractivity contribution >= 4 is 41.7 Å². The number of aliphatic imine (C=N–C) groups is 1. The Morgan fingerprint density at radius 3 is 3.10 bits per heavy atom. The van der Waals surface area contributed by atoms with Crippen molar-refractivity contribution in [2.45, 2.75) is 38.6 Å². The van der Waals surface area contributed by atoms with Gasteiger partial charge >= 0.3 is 0 Å². The summed E-state index contributed by atoms with van der Waals surface area (Å²) in [5.41, 5.74) is 0. The van der Waals surface area contributed by atoms with E-state index in [1.165, 1.54) is 24.3 Å². The van der Waals surface area contributed by atoms with Gasteiger partial charge in [0.15, 0.2) is 5.96 Å². The maximum Gasteiger partial charge on any atom is 0.191 e. The number of guanidine groups is 1. The molecule has 0 bridgehead atoms. The summed E-state index contributed by atoms with van der Waals surface area (Å²) >= 11 is 2.03. The fourth-order valence-corrected chi connectivity index (χ4v) is 3.25. The summed E-state index contributed by atoms with van der Waals surface area (Å²) in [5.74, 6) is 4.45. The van der Waals surface area contributed by atoms with Gasteiger partial charge in [-0.25, -0.2) is 0 Å². The van der Waals surface area contributed by atoms with Crippen LogP contribution in [0.25, 0.3) is 0 Å². The van der Waals surface area contributed by atoms with E-state index in [1.54, 1.807) is 6.26 Å². The molecular formula is C15H26IN3OS. The first-order valence-corrected chi connectivity index (χ1v) is 8.69. The van der Waals surface area contributed by atoms with Crippen molar-refractivity contribution in [2.75, 3.05) is 24.6 Å². The first kappa shape index (κ1) is 18.7. The van der Waals surface area contributed by atoms with E-state index in [1.807, 2.05) is 23.9 Å². The molecule has 120 valence electrons. The van der Waals surface area contributed by atoms with Gasteiger partial charge in [-0.2, -0.15) is 11.8 Å². The Bertz CT molecular complexity index is 392. The number of nitrogens with one attached hydrogen (secondary N) is 2. The largest absolute Gasteiger partial charge is 0.469 e. The second-order valence-corrected chi connectivity index (χ2v) is 6.19. The second kappa shape index (κ2) is 11.2. The zero-order valence-corrected chi connectivity index (χ0v) is 15.8. The van der Waals surface area contributed by atoms with Gasteiger partial charge in [-0.3, -0.25) is 4.99 Å². The topological polar surface area (TPSA) is 49.6 Å². The van der Waals surface area contributed by atoms with Crippen LogP contribution >= 0.6 is 35.7 Å². The molecule has 6 heteroatoms. The predicted octanol–water partition coefficient (Wildman–Crippen LogP) is 3.28. The van der Waals surface area contributed by atoms with E-state index in [2.05, 4.69) is 22.5 Å². The molecule has 0 saturated carbocycles. The fraction of sp³-hybridized carbons (Fsp3) is 0.667. The first-order valence-electron chi connectivity index (χ1n) is 7.53. The summed E-state index contributed by atoms with van der Waals surface area (Å²) in [6.07, 6.45) is 6.23.